The molecule has 1 fully saturated rings. The molecule has 0 bridgehead atoms. The second-order valence-electron chi connectivity index (χ2n) is 6.09. The van der Waals surface area contributed by atoms with Crippen LogP contribution >= 0.6 is 0 Å². The van der Waals surface area contributed by atoms with E-state index in [1.54, 1.807) is 19.9 Å². The lowest BCUT2D eigenvalue weighted by Crippen LogP contribution is -2.33. The van der Waals surface area contributed by atoms with E-state index in [0.29, 0.717) is 32.5 Å². The molecule has 22 heavy (non-hydrogen) atoms. The fourth-order valence-electron chi connectivity index (χ4n) is 2.85. The van der Waals surface area contributed by atoms with E-state index >= 15 is 0 Å². The Bertz CT molecular complexity index is 402. The molecular formula is C17H28O5. The van der Waals surface area contributed by atoms with Gasteiger partial charge in [0.05, 0.1) is 19.3 Å². The Morgan fingerprint density at radius 3 is 2.59 bits per heavy atom. The zero-order valence-corrected chi connectivity index (χ0v) is 14.1. The van der Waals surface area contributed by atoms with Crippen LogP contribution < -0.4 is 0 Å². The van der Waals surface area contributed by atoms with Crippen molar-refractivity contribution < 1.29 is 23.8 Å². The highest BCUT2D eigenvalue weighted by molar-refractivity contribution is 5.79. The summed E-state index contributed by atoms with van der Waals surface area (Å²) in [6.45, 7) is 11.8. The Hall–Kier alpha value is -1.20. The van der Waals surface area contributed by atoms with Crippen LogP contribution in [0.15, 0.2) is 12.7 Å². The van der Waals surface area contributed by atoms with Crippen molar-refractivity contribution in [1.82, 2.24) is 0 Å². The van der Waals surface area contributed by atoms with Crippen LogP contribution in [-0.2, 0) is 23.8 Å². The second-order valence-corrected chi connectivity index (χ2v) is 6.09. The fourth-order valence-corrected chi connectivity index (χ4v) is 2.85. The summed E-state index contributed by atoms with van der Waals surface area (Å²) < 4.78 is 16.4. The number of carbonyl (C=O) groups excluding carboxylic acids is 2. The standard InChI is InChI=1S/C17H28O5/c1-6-13(15-11-21-17(4,5)22-15)14(12(3)18)9-8-10-16(19)20-7-2/h6,13-15H,1,7-11H2,2-5H3/t13-,14+,15+/m0/s1. The van der Waals surface area contributed by atoms with Crippen molar-refractivity contribution in [3.63, 3.8) is 0 Å². The quantitative estimate of drug-likeness (QED) is 0.484. The van der Waals surface area contributed by atoms with Crippen molar-refractivity contribution in [2.45, 2.75) is 58.8 Å². The summed E-state index contributed by atoms with van der Waals surface area (Å²) in [4.78, 5) is 23.4. The predicted octanol–water partition coefficient (Wildman–Crippen LogP) is 2.88. The first-order valence-corrected chi connectivity index (χ1v) is 7.91. The van der Waals surface area contributed by atoms with E-state index in [9.17, 15) is 9.59 Å². The molecule has 0 radical (unpaired) electrons. The highest BCUT2D eigenvalue weighted by Crippen LogP contribution is 2.33. The number of hydrogen-bond acceptors (Lipinski definition) is 5. The first kappa shape index (κ1) is 18.8. The molecule has 0 amide bonds. The van der Waals surface area contributed by atoms with Gasteiger partial charge in [0, 0.05) is 18.3 Å². The lowest BCUT2D eigenvalue weighted by Gasteiger charge is -2.27. The van der Waals surface area contributed by atoms with Crippen molar-refractivity contribution in [2.75, 3.05) is 13.2 Å². The molecule has 0 aliphatic carbocycles. The zero-order chi connectivity index (χ0) is 16.8. The molecule has 0 aromatic carbocycles. The number of rotatable bonds is 9. The first-order chi connectivity index (χ1) is 10.3. The minimum atomic E-state index is -0.627. The molecule has 1 rings (SSSR count). The summed E-state index contributed by atoms with van der Waals surface area (Å²) in [5.74, 6) is -1.09. The summed E-state index contributed by atoms with van der Waals surface area (Å²) in [7, 11) is 0. The van der Waals surface area contributed by atoms with E-state index in [4.69, 9.17) is 14.2 Å². The molecule has 0 aromatic heterocycles. The van der Waals surface area contributed by atoms with E-state index in [1.165, 1.54) is 0 Å². The van der Waals surface area contributed by atoms with Crippen LogP contribution in [0, 0.1) is 11.8 Å². The topological polar surface area (TPSA) is 61.8 Å². The Morgan fingerprint density at radius 1 is 1.45 bits per heavy atom. The van der Waals surface area contributed by atoms with Gasteiger partial charge in [0.1, 0.15) is 5.78 Å². The maximum atomic E-state index is 12.0. The molecule has 1 aliphatic rings. The molecule has 1 aliphatic heterocycles. The van der Waals surface area contributed by atoms with Crippen LogP contribution in [0.3, 0.4) is 0 Å². The van der Waals surface area contributed by atoms with Crippen LogP contribution in [-0.4, -0.2) is 36.9 Å². The highest BCUT2D eigenvalue weighted by Gasteiger charge is 2.40. The number of carbonyl (C=O) groups is 2. The van der Waals surface area contributed by atoms with E-state index in [1.807, 2.05) is 13.8 Å². The van der Waals surface area contributed by atoms with Crippen molar-refractivity contribution >= 4 is 11.8 Å². The van der Waals surface area contributed by atoms with Crippen molar-refractivity contribution in [3.05, 3.63) is 12.7 Å². The van der Waals surface area contributed by atoms with Crippen molar-refractivity contribution in [2.24, 2.45) is 11.8 Å². The molecule has 0 saturated carbocycles. The molecule has 3 atom stereocenters. The van der Waals surface area contributed by atoms with Gasteiger partial charge in [-0.05, 0) is 40.5 Å². The smallest absolute Gasteiger partial charge is 0.305 e. The Kier molecular flexibility index (Phi) is 7.23. The van der Waals surface area contributed by atoms with Gasteiger partial charge in [0.15, 0.2) is 5.79 Å². The van der Waals surface area contributed by atoms with Gasteiger partial charge in [-0.2, -0.15) is 0 Å². The van der Waals surface area contributed by atoms with Crippen LogP contribution in [0.25, 0.3) is 0 Å². The zero-order valence-electron chi connectivity index (χ0n) is 14.1. The lowest BCUT2D eigenvalue weighted by atomic mass is 9.81. The number of hydrogen-bond donors (Lipinski definition) is 0. The molecule has 126 valence electrons. The average Bonchev–Trinajstić information content (AvgIpc) is 2.78. The molecule has 1 heterocycles. The van der Waals surface area contributed by atoms with Crippen LogP contribution in [0.2, 0.25) is 0 Å². The van der Waals surface area contributed by atoms with Gasteiger partial charge in [-0.3, -0.25) is 9.59 Å². The van der Waals surface area contributed by atoms with E-state index in [2.05, 4.69) is 6.58 Å². The summed E-state index contributed by atoms with van der Waals surface area (Å²) in [5, 5.41) is 0. The van der Waals surface area contributed by atoms with E-state index in [-0.39, 0.29) is 29.7 Å². The third-order valence-corrected chi connectivity index (χ3v) is 3.92. The normalized spacial score (nSPS) is 22.8. The van der Waals surface area contributed by atoms with E-state index < -0.39 is 5.79 Å². The predicted molar refractivity (Wildman–Crippen MR) is 83.2 cm³/mol. The molecular weight excluding hydrogens is 284 g/mol. The molecule has 5 nitrogen and oxygen atoms in total. The third kappa shape index (κ3) is 5.54. The second kappa shape index (κ2) is 8.44. The highest BCUT2D eigenvalue weighted by atomic mass is 16.7. The van der Waals surface area contributed by atoms with Gasteiger partial charge < -0.3 is 14.2 Å². The van der Waals surface area contributed by atoms with E-state index in [0.717, 1.165) is 0 Å². The molecule has 0 aromatic rings. The van der Waals surface area contributed by atoms with Crippen LogP contribution in [0.1, 0.15) is 47.0 Å². The molecule has 1 saturated heterocycles. The number of Topliss-reactive ketones (excluding diaryl/α,β-unsaturated/α-hetero) is 1. The van der Waals surface area contributed by atoms with Crippen molar-refractivity contribution in [1.29, 1.82) is 0 Å². The third-order valence-electron chi connectivity index (χ3n) is 3.92. The Balaban J connectivity index is 2.62. The van der Waals surface area contributed by atoms with Gasteiger partial charge in [-0.15, -0.1) is 6.58 Å². The lowest BCUT2D eigenvalue weighted by molar-refractivity contribution is -0.147. The molecule has 0 spiro atoms. The van der Waals surface area contributed by atoms with Gasteiger partial charge in [-0.25, -0.2) is 0 Å². The largest absolute Gasteiger partial charge is 0.466 e. The maximum absolute atomic E-state index is 12.0. The Morgan fingerprint density at radius 2 is 2.14 bits per heavy atom. The van der Waals surface area contributed by atoms with Crippen LogP contribution in [0.5, 0.6) is 0 Å². The van der Waals surface area contributed by atoms with Gasteiger partial charge in [-0.1, -0.05) is 6.08 Å². The van der Waals surface area contributed by atoms with Gasteiger partial charge >= 0.3 is 5.97 Å². The number of esters is 1. The SMILES string of the molecule is C=C[C@@H]([C@H](CCCC(=O)OCC)C(C)=O)[C@H]1COC(C)(C)O1. The molecule has 5 heteroatoms. The van der Waals surface area contributed by atoms with Crippen LogP contribution in [0.4, 0.5) is 0 Å². The number of ether oxygens (including phenoxy) is 3. The summed E-state index contributed by atoms with van der Waals surface area (Å²) in [5.41, 5.74) is 0. The monoisotopic (exact) mass is 312 g/mol. The number of ketones is 1. The molecule has 0 N–H and O–H groups in total. The van der Waals surface area contributed by atoms with Gasteiger partial charge in [0.2, 0.25) is 0 Å². The summed E-state index contributed by atoms with van der Waals surface area (Å²) in [6, 6.07) is 0. The minimum absolute atomic E-state index is 0.0852. The summed E-state index contributed by atoms with van der Waals surface area (Å²) >= 11 is 0. The van der Waals surface area contributed by atoms with Gasteiger partial charge in [0.25, 0.3) is 0 Å². The Labute approximate surface area is 133 Å². The minimum Gasteiger partial charge on any atom is -0.466 e. The average molecular weight is 312 g/mol. The fraction of sp³-hybridized carbons (Fsp3) is 0.765. The van der Waals surface area contributed by atoms with Crippen molar-refractivity contribution in [3.8, 4) is 0 Å². The maximum Gasteiger partial charge on any atom is 0.305 e. The summed E-state index contributed by atoms with van der Waals surface area (Å²) in [6.07, 6.45) is 3.15. The molecule has 0 unspecified atom stereocenters. The first-order valence-electron chi connectivity index (χ1n) is 7.91.